The Morgan fingerprint density at radius 1 is 1.27 bits per heavy atom. The van der Waals surface area contributed by atoms with Crippen LogP contribution in [0, 0.1) is 0 Å². The molecule has 3 rings (SSSR count). The Morgan fingerprint density at radius 3 is 2.62 bits per heavy atom. The molecule has 2 aromatic rings. The van der Waals surface area contributed by atoms with E-state index >= 15 is 0 Å². The third kappa shape index (κ3) is 3.57. The fourth-order valence-electron chi connectivity index (χ4n) is 2.53. The summed E-state index contributed by atoms with van der Waals surface area (Å²) in [6.45, 7) is -0.268. The Balaban J connectivity index is 2.03. The van der Waals surface area contributed by atoms with Gasteiger partial charge in [-0.2, -0.15) is 17.7 Å². The van der Waals surface area contributed by atoms with Gasteiger partial charge in [-0.25, -0.2) is 4.98 Å². The van der Waals surface area contributed by atoms with E-state index in [0.29, 0.717) is 0 Å². The van der Waals surface area contributed by atoms with Crippen LogP contribution in [0.3, 0.4) is 0 Å². The molecule has 0 saturated carbocycles. The van der Waals surface area contributed by atoms with Crippen LogP contribution >= 0.6 is 23.2 Å². The molecule has 1 aliphatic rings. The molecule has 0 bridgehead atoms. The second kappa shape index (κ2) is 6.49. The van der Waals surface area contributed by atoms with Crippen LogP contribution in [-0.2, 0) is 31.9 Å². The summed E-state index contributed by atoms with van der Waals surface area (Å²) in [6, 6.07) is 4.47. The maximum absolute atomic E-state index is 13.0. The molecule has 0 radical (unpaired) electrons. The molecule has 1 amide bonds. The van der Waals surface area contributed by atoms with Crippen LogP contribution in [0.4, 0.5) is 19.0 Å². The summed E-state index contributed by atoms with van der Waals surface area (Å²) in [5, 5.41) is -0.361. The molecule has 1 unspecified atom stereocenters. The van der Waals surface area contributed by atoms with Crippen LogP contribution in [0.15, 0.2) is 35.4 Å². The number of rotatable bonds is 2. The van der Waals surface area contributed by atoms with Gasteiger partial charge in [-0.05, 0) is 17.7 Å². The Morgan fingerprint density at radius 2 is 1.96 bits per heavy atom. The lowest BCUT2D eigenvalue weighted by molar-refractivity contribution is -0.137. The van der Waals surface area contributed by atoms with E-state index in [1.165, 1.54) is 18.3 Å². The van der Waals surface area contributed by atoms with Crippen molar-refractivity contribution in [2.24, 2.45) is 0 Å². The van der Waals surface area contributed by atoms with Crippen molar-refractivity contribution >= 4 is 45.1 Å². The smallest absolute Gasteiger partial charge is 0.284 e. The molecule has 2 heterocycles. The minimum atomic E-state index is -4.65. The zero-order valence-electron chi connectivity index (χ0n) is 12.8. The Kier molecular flexibility index (Phi) is 4.76. The molecule has 1 aromatic carbocycles. The van der Waals surface area contributed by atoms with Crippen molar-refractivity contribution in [2.45, 2.75) is 17.6 Å². The number of carbonyl (C=O) groups is 1. The zero-order valence-corrected chi connectivity index (χ0v) is 15.1. The van der Waals surface area contributed by atoms with E-state index in [1.807, 2.05) is 0 Å². The lowest BCUT2D eigenvalue weighted by Gasteiger charge is -2.26. The van der Waals surface area contributed by atoms with Crippen molar-refractivity contribution < 1.29 is 26.7 Å². The molecule has 0 saturated heterocycles. The Labute approximate surface area is 157 Å². The average Bonchev–Trinajstić information content (AvgIpc) is 2.51. The van der Waals surface area contributed by atoms with E-state index in [2.05, 4.69) is 4.98 Å². The minimum absolute atomic E-state index is 0.102. The summed E-state index contributed by atoms with van der Waals surface area (Å²) in [5.74, 6) is -1.55. The van der Waals surface area contributed by atoms with Crippen LogP contribution < -0.4 is 4.90 Å². The van der Waals surface area contributed by atoms with E-state index < -0.39 is 38.6 Å². The van der Waals surface area contributed by atoms with E-state index in [1.54, 1.807) is 0 Å². The number of pyridine rings is 1. The fourth-order valence-corrected chi connectivity index (χ4v) is 4.38. The lowest BCUT2D eigenvalue weighted by Crippen LogP contribution is -2.43. The predicted octanol–water partition coefficient (Wildman–Crippen LogP) is 4.29. The summed E-state index contributed by atoms with van der Waals surface area (Å²) in [7, 11) is -3.67. The number of amides is 1. The van der Waals surface area contributed by atoms with Gasteiger partial charge in [0.1, 0.15) is 0 Å². The molecule has 11 heteroatoms. The van der Waals surface area contributed by atoms with E-state index in [9.17, 15) is 26.7 Å². The normalized spacial score (nSPS) is 20.2. The first-order valence-electron chi connectivity index (χ1n) is 7.05. The van der Waals surface area contributed by atoms with Crippen molar-refractivity contribution in [3.63, 3.8) is 0 Å². The second-order valence-corrected chi connectivity index (χ2v) is 8.40. The number of aromatic nitrogens is 1. The number of fused-ring (bicyclic) bond motifs is 1. The van der Waals surface area contributed by atoms with E-state index in [-0.39, 0.29) is 27.8 Å². The van der Waals surface area contributed by atoms with Crippen molar-refractivity contribution in [1.82, 2.24) is 4.98 Å². The molecule has 0 spiro atoms. The molecule has 0 fully saturated rings. The van der Waals surface area contributed by atoms with Gasteiger partial charge in [0.25, 0.3) is 16.1 Å². The number of halogens is 5. The SMILES string of the molecule is O=C1C[S+](=O)(O)c2cc(Cl)cnc2N1Cc1ccc(Cl)c(C(F)(F)F)c1. The molecule has 1 N–H and O–H groups in total. The second-order valence-electron chi connectivity index (χ2n) is 5.55. The number of hydrogen-bond donors (Lipinski definition) is 1. The number of hydrogen-bond acceptors (Lipinski definition) is 3. The van der Waals surface area contributed by atoms with Gasteiger partial charge < -0.3 is 0 Å². The van der Waals surface area contributed by atoms with Crippen LogP contribution in [0.25, 0.3) is 0 Å². The summed E-state index contributed by atoms with van der Waals surface area (Å²) in [4.78, 5) is 17.1. The summed E-state index contributed by atoms with van der Waals surface area (Å²) < 4.78 is 61.3. The number of anilines is 1. The van der Waals surface area contributed by atoms with Crippen LogP contribution in [0.5, 0.6) is 0 Å². The molecular formula is C15H10Cl2F3N2O3S+. The first-order valence-corrected chi connectivity index (χ1v) is 9.49. The molecule has 1 aromatic heterocycles. The number of carbonyl (C=O) groups excluding carboxylic acids is 1. The van der Waals surface area contributed by atoms with E-state index in [0.717, 1.165) is 17.0 Å². The van der Waals surface area contributed by atoms with Gasteiger partial charge in [0.2, 0.25) is 10.6 Å². The van der Waals surface area contributed by atoms with Crippen molar-refractivity contribution in [3.8, 4) is 0 Å². The first-order chi connectivity index (χ1) is 12.0. The third-order valence-corrected chi connectivity index (χ3v) is 5.86. The molecular weight excluding hydrogens is 416 g/mol. The molecule has 138 valence electrons. The predicted molar refractivity (Wildman–Crippen MR) is 90.7 cm³/mol. The number of nitrogens with zero attached hydrogens (tertiary/aromatic N) is 2. The van der Waals surface area contributed by atoms with Gasteiger partial charge in [0, 0.05) is 12.3 Å². The van der Waals surface area contributed by atoms with Crippen LogP contribution in [0.1, 0.15) is 11.1 Å². The third-order valence-electron chi connectivity index (χ3n) is 3.70. The van der Waals surface area contributed by atoms with Crippen LogP contribution in [-0.4, -0.2) is 21.2 Å². The van der Waals surface area contributed by atoms with Crippen LogP contribution in [0.2, 0.25) is 10.0 Å². The molecule has 1 aliphatic heterocycles. The highest BCUT2D eigenvalue weighted by molar-refractivity contribution is 7.98. The fraction of sp³-hybridized carbons (Fsp3) is 0.200. The Hall–Kier alpha value is -1.68. The van der Waals surface area contributed by atoms with Gasteiger partial charge in [-0.3, -0.25) is 9.69 Å². The summed E-state index contributed by atoms with van der Waals surface area (Å²) in [5.41, 5.74) is -0.888. The molecule has 26 heavy (non-hydrogen) atoms. The van der Waals surface area contributed by atoms with Gasteiger partial charge in [0.15, 0.2) is 5.82 Å². The van der Waals surface area contributed by atoms with Gasteiger partial charge in [-0.1, -0.05) is 33.5 Å². The van der Waals surface area contributed by atoms with Gasteiger partial charge >= 0.3 is 6.18 Å². The van der Waals surface area contributed by atoms with E-state index in [4.69, 9.17) is 23.2 Å². The van der Waals surface area contributed by atoms with Crippen molar-refractivity contribution in [3.05, 3.63) is 51.6 Å². The van der Waals surface area contributed by atoms with Gasteiger partial charge in [-0.15, -0.1) is 0 Å². The first kappa shape index (κ1) is 19.1. The van der Waals surface area contributed by atoms with Gasteiger partial charge in [0.05, 0.1) is 22.2 Å². The summed E-state index contributed by atoms with van der Waals surface area (Å²) >= 11 is 11.4. The highest BCUT2D eigenvalue weighted by atomic mass is 35.5. The van der Waals surface area contributed by atoms with Crippen molar-refractivity contribution in [1.29, 1.82) is 0 Å². The highest BCUT2D eigenvalue weighted by Gasteiger charge is 2.46. The average molecular weight is 426 g/mol. The maximum atomic E-state index is 13.0. The maximum Gasteiger partial charge on any atom is 0.417 e. The number of benzene rings is 1. The number of alkyl halides is 3. The highest BCUT2D eigenvalue weighted by Crippen LogP contribution is 2.37. The summed E-state index contributed by atoms with van der Waals surface area (Å²) in [6.07, 6.45) is -3.47. The topological polar surface area (TPSA) is 70.5 Å². The Bertz CT molecular complexity index is 952. The van der Waals surface area contributed by atoms with Crippen molar-refractivity contribution in [2.75, 3.05) is 10.7 Å². The standard InChI is InChI=1S/C15H9Cl2F3N2O3S/c16-9-4-12-14(21-5-9)22(13(23)7-26(12,24)25)6-8-1-2-11(17)10(3-8)15(18,19)20/h1-5H,6-7H2/p+1. The molecule has 5 nitrogen and oxygen atoms in total. The molecule has 1 atom stereocenters. The lowest BCUT2D eigenvalue weighted by atomic mass is 10.1. The largest absolute Gasteiger partial charge is 0.417 e. The molecule has 0 aliphatic carbocycles. The zero-order chi connectivity index (χ0) is 19.3. The minimum Gasteiger partial charge on any atom is -0.284 e. The quantitative estimate of drug-likeness (QED) is 0.728. The monoisotopic (exact) mass is 425 g/mol.